The maximum Gasteiger partial charge on any atom is 0.508 e. The molecule has 13 heavy (non-hydrogen) atoms. The molecule has 0 rings (SSSR count). The SMILES string of the molecule is CCC(=O)O.CCOC(=O)OCC. The Hall–Kier alpha value is -1.26. The molecule has 5 nitrogen and oxygen atoms in total. The van der Waals surface area contributed by atoms with Gasteiger partial charge in [0.25, 0.3) is 0 Å². The van der Waals surface area contributed by atoms with Crippen LogP contribution in [0.4, 0.5) is 4.79 Å². The third-order valence-electron chi connectivity index (χ3n) is 0.827. The molecule has 0 atom stereocenters. The van der Waals surface area contributed by atoms with Gasteiger partial charge in [0.15, 0.2) is 0 Å². The van der Waals surface area contributed by atoms with Crippen LogP contribution in [0.25, 0.3) is 0 Å². The van der Waals surface area contributed by atoms with E-state index < -0.39 is 12.1 Å². The predicted molar refractivity (Wildman–Crippen MR) is 46.6 cm³/mol. The number of carboxylic acid groups (broad SMARTS) is 1. The summed E-state index contributed by atoms with van der Waals surface area (Å²) in [5.74, 6) is -0.745. The first-order chi connectivity index (χ1) is 6.08. The fraction of sp³-hybridized carbons (Fsp3) is 0.750. The standard InChI is InChI=1S/C5H10O3.C3H6O2/c1-3-7-5(6)8-4-2;1-2-3(4)5/h3-4H2,1-2H3;2H2,1H3,(H,4,5). The smallest absolute Gasteiger partial charge is 0.481 e. The molecule has 0 aliphatic heterocycles. The average molecular weight is 192 g/mol. The lowest BCUT2D eigenvalue weighted by molar-refractivity contribution is -0.136. The molecule has 0 unspecified atom stereocenters. The molecule has 0 saturated heterocycles. The van der Waals surface area contributed by atoms with E-state index in [1.807, 2.05) is 0 Å². The van der Waals surface area contributed by atoms with E-state index in [1.54, 1.807) is 20.8 Å². The summed E-state index contributed by atoms with van der Waals surface area (Å²) in [6.45, 7) is 5.81. The first-order valence-corrected chi connectivity index (χ1v) is 4.09. The van der Waals surface area contributed by atoms with Gasteiger partial charge in [-0.2, -0.15) is 0 Å². The highest BCUT2D eigenvalue weighted by molar-refractivity contribution is 5.66. The lowest BCUT2D eigenvalue weighted by atomic mass is 10.5. The van der Waals surface area contributed by atoms with Crippen molar-refractivity contribution in [3.05, 3.63) is 0 Å². The van der Waals surface area contributed by atoms with Crippen molar-refractivity contribution in [3.63, 3.8) is 0 Å². The summed E-state index contributed by atoms with van der Waals surface area (Å²) < 4.78 is 8.84. The fourth-order valence-electron chi connectivity index (χ4n) is 0.277. The highest BCUT2D eigenvalue weighted by Crippen LogP contribution is 1.81. The Morgan fingerprint density at radius 1 is 1.08 bits per heavy atom. The zero-order chi connectivity index (χ0) is 10.7. The second-order valence-corrected chi connectivity index (χ2v) is 1.86. The largest absolute Gasteiger partial charge is 0.508 e. The third kappa shape index (κ3) is 18.1. The van der Waals surface area contributed by atoms with Crippen molar-refractivity contribution < 1.29 is 24.2 Å². The Labute approximate surface area is 77.6 Å². The van der Waals surface area contributed by atoms with Gasteiger partial charge in [0.1, 0.15) is 0 Å². The minimum Gasteiger partial charge on any atom is -0.481 e. The van der Waals surface area contributed by atoms with Crippen molar-refractivity contribution in [2.24, 2.45) is 0 Å². The van der Waals surface area contributed by atoms with Crippen LogP contribution in [0.1, 0.15) is 27.2 Å². The quantitative estimate of drug-likeness (QED) is 0.688. The van der Waals surface area contributed by atoms with E-state index in [0.717, 1.165) is 0 Å². The third-order valence-corrected chi connectivity index (χ3v) is 0.827. The number of hydrogen-bond acceptors (Lipinski definition) is 4. The molecule has 0 amide bonds. The van der Waals surface area contributed by atoms with Crippen LogP contribution in [0, 0.1) is 0 Å². The van der Waals surface area contributed by atoms with Gasteiger partial charge in [0, 0.05) is 6.42 Å². The average Bonchev–Trinajstić information content (AvgIpc) is 2.06. The number of hydrogen-bond donors (Lipinski definition) is 1. The van der Waals surface area contributed by atoms with Crippen LogP contribution < -0.4 is 0 Å². The Morgan fingerprint density at radius 2 is 1.38 bits per heavy atom. The maximum absolute atomic E-state index is 10.2. The summed E-state index contributed by atoms with van der Waals surface area (Å²) in [6.07, 6.45) is -0.366. The minimum atomic E-state index is -0.745. The van der Waals surface area contributed by atoms with Crippen LogP contribution in [-0.2, 0) is 14.3 Å². The summed E-state index contributed by atoms with van der Waals surface area (Å²) in [5, 5.41) is 7.72. The molecule has 0 spiro atoms. The first kappa shape index (κ1) is 14.3. The van der Waals surface area contributed by atoms with Gasteiger partial charge >= 0.3 is 12.1 Å². The molecule has 0 aromatic heterocycles. The Bertz CT molecular complexity index is 135. The van der Waals surface area contributed by atoms with E-state index in [0.29, 0.717) is 13.2 Å². The second-order valence-electron chi connectivity index (χ2n) is 1.86. The topological polar surface area (TPSA) is 72.8 Å². The van der Waals surface area contributed by atoms with Gasteiger partial charge < -0.3 is 14.6 Å². The van der Waals surface area contributed by atoms with Crippen LogP contribution in [0.2, 0.25) is 0 Å². The molecule has 0 bridgehead atoms. The first-order valence-electron chi connectivity index (χ1n) is 4.09. The van der Waals surface area contributed by atoms with Gasteiger partial charge in [0.05, 0.1) is 13.2 Å². The highest BCUT2D eigenvalue weighted by Gasteiger charge is 1.96. The molecule has 0 aliphatic rings. The molecule has 0 aromatic rings. The van der Waals surface area contributed by atoms with Crippen molar-refractivity contribution in [1.82, 2.24) is 0 Å². The van der Waals surface area contributed by atoms with Gasteiger partial charge in [-0.25, -0.2) is 4.79 Å². The molecule has 0 radical (unpaired) electrons. The van der Waals surface area contributed by atoms with E-state index in [9.17, 15) is 9.59 Å². The zero-order valence-electron chi connectivity index (χ0n) is 8.20. The molecule has 1 N–H and O–H groups in total. The Kier molecular flexibility index (Phi) is 11.8. The second kappa shape index (κ2) is 10.7. The molecule has 0 fully saturated rings. The Morgan fingerprint density at radius 3 is 1.54 bits per heavy atom. The van der Waals surface area contributed by atoms with Crippen LogP contribution in [0.15, 0.2) is 0 Å². The van der Waals surface area contributed by atoms with Gasteiger partial charge in [-0.1, -0.05) is 6.92 Å². The molecule has 78 valence electrons. The van der Waals surface area contributed by atoms with E-state index in [-0.39, 0.29) is 6.42 Å². The van der Waals surface area contributed by atoms with E-state index in [4.69, 9.17) is 5.11 Å². The molecule has 5 heteroatoms. The van der Waals surface area contributed by atoms with Crippen molar-refractivity contribution in [2.45, 2.75) is 27.2 Å². The van der Waals surface area contributed by atoms with Crippen LogP contribution in [-0.4, -0.2) is 30.4 Å². The van der Waals surface area contributed by atoms with Crippen LogP contribution >= 0.6 is 0 Å². The highest BCUT2D eigenvalue weighted by atomic mass is 16.7. The number of carbonyl (C=O) groups excluding carboxylic acids is 1. The van der Waals surface area contributed by atoms with Crippen molar-refractivity contribution in [2.75, 3.05) is 13.2 Å². The Balaban J connectivity index is 0. The minimum absolute atomic E-state index is 0.222. The van der Waals surface area contributed by atoms with Gasteiger partial charge in [-0.15, -0.1) is 0 Å². The van der Waals surface area contributed by atoms with Gasteiger partial charge in [0.2, 0.25) is 0 Å². The summed E-state index contributed by atoms with van der Waals surface area (Å²) in [5.41, 5.74) is 0. The van der Waals surface area contributed by atoms with Crippen LogP contribution in [0.5, 0.6) is 0 Å². The monoisotopic (exact) mass is 192 g/mol. The van der Waals surface area contributed by atoms with E-state index >= 15 is 0 Å². The van der Waals surface area contributed by atoms with Crippen molar-refractivity contribution in [3.8, 4) is 0 Å². The number of carbonyl (C=O) groups is 2. The molecule has 0 saturated carbocycles. The van der Waals surface area contributed by atoms with Crippen molar-refractivity contribution >= 4 is 12.1 Å². The lowest BCUT2D eigenvalue weighted by Gasteiger charge is -1.98. The van der Waals surface area contributed by atoms with E-state index in [2.05, 4.69) is 9.47 Å². The van der Waals surface area contributed by atoms with E-state index in [1.165, 1.54) is 0 Å². The summed E-state index contributed by atoms with van der Waals surface area (Å²) in [6, 6.07) is 0. The normalized spacial score (nSPS) is 7.92. The summed E-state index contributed by atoms with van der Waals surface area (Å²) >= 11 is 0. The molecule has 0 heterocycles. The zero-order valence-corrected chi connectivity index (χ0v) is 8.20. The number of aliphatic carboxylic acids is 1. The predicted octanol–water partition coefficient (Wildman–Crippen LogP) is 1.66. The summed E-state index contributed by atoms with van der Waals surface area (Å²) in [4.78, 5) is 19.6. The molecule has 0 aliphatic carbocycles. The molecule has 0 aromatic carbocycles. The fourth-order valence-corrected chi connectivity index (χ4v) is 0.277. The number of rotatable bonds is 3. The van der Waals surface area contributed by atoms with Gasteiger partial charge in [-0.3, -0.25) is 4.79 Å². The number of ether oxygens (including phenoxy) is 2. The molecular weight excluding hydrogens is 176 g/mol. The summed E-state index contributed by atoms with van der Waals surface area (Å²) in [7, 11) is 0. The van der Waals surface area contributed by atoms with Crippen molar-refractivity contribution in [1.29, 1.82) is 0 Å². The van der Waals surface area contributed by atoms with Crippen LogP contribution in [0.3, 0.4) is 0 Å². The lowest BCUT2D eigenvalue weighted by Crippen LogP contribution is -2.05. The number of carboxylic acids is 1. The molecular formula is C8H16O5. The van der Waals surface area contributed by atoms with Gasteiger partial charge in [-0.05, 0) is 13.8 Å². The maximum atomic E-state index is 10.2.